The first-order chi connectivity index (χ1) is 25.5. The molecule has 53 heavy (non-hydrogen) atoms. The molecule has 0 bridgehead atoms. The molecule has 0 spiro atoms. The van der Waals surface area contributed by atoms with E-state index in [0.29, 0.717) is 5.82 Å². The molecule has 1 unspecified atom stereocenters. The van der Waals surface area contributed by atoms with Gasteiger partial charge in [0.15, 0.2) is 5.82 Å². The standard InChI is InChI=1S/C44H56N4O5/c1-5-9-30-12-16-33(17-13-30)34-20-22-35(23-21-34)37-25-45-40(46-26-37)36-18-14-31(15-19-36)24-39(47-43(51)52-29-32-10-7-6-8-11-32)41(49)48-27-38(28-48)42(50)53-44(2,3)4/h6-8,10-11,14-15,18-19,22,25-26,30,33-34,38-39H,5,9,12-13,16-17,20-21,23-24,27-29H2,1-4H3,(H,47,51)/t30?,33?,34?,39-/m0/s1. The lowest BCUT2D eigenvalue weighted by molar-refractivity contribution is -0.168. The van der Waals surface area contributed by atoms with Crippen LogP contribution >= 0.6 is 0 Å². The molecule has 3 aliphatic rings. The van der Waals surface area contributed by atoms with E-state index in [2.05, 4.69) is 18.3 Å². The number of likely N-dealkylation sites (tertiary alicyclic amines) is 1. The van der Waals surface area contributed by atoms with E-state index in [1.165, 1.54) is 50.5 Å². The molecule has 2 atom stereocenters. The van der Waals surface area contributed by atoms with Crippen molar-refractivity contribution in [2.45, 2.75) is 110 Å². The number of ether oxygens (including phenoxy) is 2. The highest BCUT2D eigenvalue weighted by Crippen LogP contribution is 2.42. The first kappa shape index (κ1) is 38.2. The van der Waals surface area contributed by atoms with Gasteiger partial charge >= 0.3 is 12.1 Å². The largest absolute Gasteiger partial charge is 0.460 e. The average molecular weight is 721 g/mol. The normalized spacial score (nSPS) is 21.2. The number of alkyl carbamates (subject to hydrolysis) is 1. The summed E-state index contributed by atoms with van der Waals surface area (Å²) in [6, 6.07) is 16.3. The van der Waals surface area contributed by atoms with Crippen molar-refractivity contribution in [1.82, 2.24) is 20.2 Å². The van der Waals surface area contributed by atoms with E-state index in [4.69, 9.17) is 19.4 Å². The molecule has 1 saturated heterocycles. The maximum absolute atomic E-state index is 13.7. The highest BCUT2D eigenvalue weighted by Gasteiger charge is 2.41. The molecule has 6 rings (SSSR count). The zero-order valence-corrected chi connectivity index (χ0v) is 31.9. The predicted octanol–water partition coefficient (Wildman–Crippen LogP) is 8.57. The molecule has 1 aromatic heterocycles. The second-order valence-electron chi connectivity index (χ2n) is 16.3. The second kappa shape index (κ2) is 17.5. The van der Waals surface area contributed by atoms with Gasteiger partial charge in [0, 0.05) is 43.0 Å². The summed E-state index contributed by atoms with van der Waals surface area (Å²) in [5.74, 6) is 2.31. The molecular formula is C44H56N4O5. The number of hydrogen-bond donors (Lipinski definition) is 1. The van der Waals surface area contributed by atoms with E-state index in [1.807, 2.05) is 87.8 Å². The van der Waals surface area contributed by atoms with Crippen molar-refractivity contribution in [2.24, 2.45) is 23.7 Å². The fourth-order valence-electron chi connectivity index (χ4n) is 8.09. The minimum absolute atomic E-state index is 0.0866. The van der Waals surface area contributed by atoms with Crippen molar-refractivity contribution in [2.75, 3.05) is 13.1 Å². The molecule has 1 saturated carbocycles. The molecule has 282 valence electrons. The maximum atomic E-state index is 13.7. The van der Waals surface area contributed by atoms with Gasteiger partial charge in [-0.05, 0) is 87.3 Å². The average Bonchev–Trinajstić information content (AvgIpc) is 3.14. The van der Waals surface area contributed by atoms with Gasteiger partial charge in [-0.25, -0.2) is 14.8 Å². The van der Waals surface area contributed by atoms with E-state index in [-0.39, 0.29) is 43.9 Å². The molecule has 2 heterocycles. The summed E-state index contributed by atoms with van der Waals surface area (Å²) in [4.78, 5) is 50.1. The molecule has 1 aliphatic heterocycles. The monoisotopic (exact) mass is 720 g/mol. The van der Waals surface area contributed by atoms with Crippen molar-refractivity contribution in [3.63, 3.8) is 0 Å². The van der Waals surface area contributed by atoms with E-state index < -0.39 is 17.7 Å². The van der Waals surface area contributed by atoms with Crippen LogP contribution in [-0.2, 0) is 32.1 Å². The second-order valence-corrected chi connectivity index (χ2v) is 16.3. The first-order valence-corrected chi connectivity index (χ1v) is 19.6. The summed E-state index contributed by atoms with van der Waals surface area (Å²) in [6.45, 7) is 8.35. The van der Waals surface area contributed by atoms with E-state index in [9.17, 15) is 14.4 Å². The quantitative estimate of drug-likeness (QED) is 0.187. The molecule has 2 aliphatic carbocycles. The molecule has 2 fully saturated rings. The number of benzene rings is 2. The number of amides is 2. The van der Waals surface area contributed by atoms with Crippen molar-refractivity contribution in [3.05, 3.63) is 89.8 Å². The van der Waals surface area contributed by atoms with Crippen LogP contribution in [0.3, 0.4) is 0 Å². The third-order valence-corrected chi connectivity index (χ3v) is 11.1. The Kier molecular flexibility index (Phi) is 12.6. The number of carbonyl (C=O) groups excluding carboxylic acids is 3. The van der Waals surface area contributed by atoms with E-state index in [1.54, 1.807) is 4.90 Å². The van der Waals surface area contributed by atoms with Gasteiger partial charge < -0.3 is 19.7 Å². The van der Waals surface area contributed by atoms with Crippen LogP contribution in [0.4, 0.5) is 4.79 Å². The zero-order valence-electron chi connectivity index (χ0n) is 31.9. The Balaban J connectivity index is 1.05. The Labute approximate surface area is 315 Å². The fourth-order valence-corrected chi connectivity index (χ4v) is 8.09. The van der Waals surface area contributed by atoms with Crippen molar-refractivity contribution < 1.29 is 23.9 Å². The van der Waals surface area contributed by atoms with Gasteiger partial charge in [0.1, 0.15) is 18.2 Å². The van der Waals surface area contributed by atoms with Gasteiger partial charge in [0.25, 0.3) is 0 Å². The highest BCUT2D eigenvalue weighted by atomic mass is 16.6. The van der Waals surface area contributed by atoms with Gasteiger partial charge in [0.2, 0.25) is 5.91 Å². The number of carbonyl (C=O) groups is 3. The third-order valence-electron chi connectivity index (χ3n) is 11.1. The Morgan fingerprint density at radius 3 is 2.19 bits per heavy atom. The van der Waals surface area contributed by atoms with Crippen LogP contribution in [0.1, 0.15) is 102 Å². The minimum atomic E-state index is -0.876. The number of nitrogens with one attached hydrogen (secondary N) is 1. The SMILES string of the molecule is CCCC1CCC(C2CC=C(c3cnc(-c4ccc(C[C@H](NC(=O)OCc5ccccc5)C(=O)N5CC(C(=O)OC(C)(C)C)C5)cc4)nc3)CC2)CC1. The van der Waals surface area contributed by atoms with Crippen molar-refractivity contribution >= 4 is 23.5 Å². The molecule has 9 nitrogen and oxygen atoms in total. The third kappa shape index (κ3) is 10.5. The summed E-state index contributed by atoms with van der Waals surface area (Å²) >= 11 is 0. The van der Waals surface area contributed by atoms with E-state index in [0.717, 1.165) is 52.8 Å². The van der Waals surface area contributed by atoms with Gasteiger partial charge in [-0.2, -0.15) is 0 Å². The Morgan fingerprint density at radius 2 is 1.57 bits per heavy atom. The fraction of sp³-hybridized carbons (Fsp3) is 0.523. The van der Waals surface area contributed by atoms with Crippen LogP contribution < -0.4 is 5.32 Å². The number of aromatic nitrogens is 2. The molecule has 3 aromatic rings. The van der Waals surface area contributed by atoms with Gasteiger partial charge in [-0.15, -0.1) is 0 Å². The van der Waals surface area contributed by atoms with Gasteiger partial charge in [0.05, 0.1) is 5.92 Å². The molecule has 9 heteroatoms. The molecular weight excluding hydrogens is 665 g/mol. The number of nitrogens with zero attached hydrogens (tertiary/aromatic N) is 3. The number of esters is 1. The molecule has 2 amide bonds. The molecule has 0 radical (unpaired) electrons. The van der Waals surface area contributed by atoms with Gasteiger partial charge in [-0.1, -0.05) is 93.3 Å². The predicted molar refractivity (Wildman–Crippen MR) is 206 cm³/mol. The van der Waals surface area contributed by atoms with Crippen LogP contribution in [0.2, 0.25) is 0 Å². The molecule has 2 aromatic carbocycles. The summed E-state index contributed by atoms with van der Waals surface area (Å²) in [5, 5.41) is 2.78. The van der Waals surface area contributed by atoms with Crippen LogP contribution in [-0.4, -0.2) is 57.6 Å². The lowest BCUT2D eigenvalue weighted by Crippen LogP contribution is -2.59. The van der Waals surface area contributed by atoms with E-state index >= 15 is 0 Å². The Morgan fingerprint density at radius 1 is 0.868 bits per heavy atom. The van der Waals surface area contributed by atoms with Crippen molar-refractivity contribution in [3.8, 4) is 11.4 Å². The Bertz CT molecular complexity index is 1700. The van der Waals surface area contributed by atoms with Crippen molar-refractivity contribution in [1.29, 1.82) is 0 Å². The maximum Gasteiger partial charge on any atom is 0.408 e. The summed E-state index contributed by atoms with van der Waals surface area (Å²) in [5.41, 5.74) is 4.43. The summed E-state index contributed by atoms with van der Waals surface area (Å²) < 4.78 is 11.0. The first-order valence-electron chi connectivity index (χ1n) is 19.6. The number of rotatable bonds is 12. The summed E-state index contributed by atoms with van der Waals surface area (Å²) in [7, 11) is 0. The van der Waals surface area contributed by atoms with Crippen LogP contribution in [0.5, 0.6) is 0 Å². The molecule has 1 N–H and O–H groups in total. The number of hydrogen-bond acceptors (Lipinski definition) is 7. The summed E-state index contributed by atoms with van der Waals surface area (Å²) in [6.07, 6.45) is 17.7. The lowest BCUT2D eigenvalue weighted by atomic mass is 9.70. The van der Waals surface area contributed by atoms with Gasteiger partial charge in [-0.3, -0.25) is 9.59 Å². The smallest absolute Gasteiger partial charge is 0.408 e. The highest BCUT2D eigenvalue weighted by molar-refractivity contribution is 5.88. The van der Waals surface area contributed by atoms with Crippen LogP contribution in [0.15, 0.2) is 73.1 Å². The topological polar surface area (TPSA) is 111 Å². The zero-order chi connectivity index (χ0) is 37.4. The number of allylic oxidation sites excluding steroid dienone is 2. The van der Waals surface area contributed by atoms with Crippen LogP contribution in [0.25, 0.3) is 17.0 Å². The Hall–Kier alpha value is -4.53. The minimum Gasteiger partial charge on any atom is -0.460 e. The van der Waals surface area contributed by atoms with Crippen LogP contribution in [0, 0.1) is 23.7 Å². The lowest BCUT2D eigenvalue weighted by Gasteiger charge is -2.40.